The fourth-order valence-electron chi connectivity index (χ4n) is 2.57. The van der Waals surface area contributed by atoms with Gasteiger partial charge < -0.3 is 10.1 Å². The molecule has 0 aliphatic carbocycles. The predicted octanol–water partition coefficient (Wildman–Crippen LogP) is 2.37. The number of aromatic nitrogens is 2. The summed E-state index contributed by atoms with van der Waals surface area (Å²) in [6.45, 7) is 5.57. The summed E-state index contributed by atoms with van der Waals surface area (Å²) in [6, 6.07) is 2.60. The quantitative estimate of drug-likeness (QED) is 0.856. The van der Waals surface area contributed by atoms with Crippen LogP contribution in [0.15, 0.2) is 6.07 Å². The first-order valence-corrected chi connectivity index (χ1v) is 7.31. The Balaban J connectivity index is 2.00. The van der Waals surface area contributed by atoms with E-state index in [0.717, 1.165) is 37.3 Å². The monoisotopic (exact) mass is 263 g/mol. The highest BCUT2D eigenvalue weighted by molar-refractivity contribution is 5.17. The van der Waals surface area contributed by atoms with Crippen LogP contribution in [0.3, 0.4) is 0 Å². The maximum absolute atomic E-state index is 5.28. The molecule has 4 heteroatoms. The van der Waals surface area contributed by atoms with E-state index in [1.807, 2.05) is 6.07 Å². The van der Waals surface area contributed by atoms with Crippen LogP contribution in [0.5, 0.6) is 5.88 Å². The zero-order valence-corrected chi connectivity index (χ0v) is 12.3. The number of nitrogens with zero attached hydrogens (tertiary/aromatic N) is 2. The zero-order chi connectivity index (χ0) is 13.7. The van der Waals surface area contributed by atoms with Crippen molar-refractivity contribution in [2.45, 2.75) is 52.0 Å². The summed E-state index contributed by atoms with van der Waals surface area (Å²) >= 11 is 0. The minimum absolute atomic E-state index is 0.601. The largest absolute Gasteiger partial charge is 0.481 e. The second-order valence-electron chi connectivity index (χ2n) is 5.75. The average Bonchev–Trinajstić information content (AvgIpc) is 2.88. The van der Waals surface area contributed by atoms with E-state index in [-0.39, 0.29) is 0 Å². The summed E-state index contributed by atoms with van der Waals surface area (Å²) in [5.41, 5.74) is 1.09. The van der Waals surface area contributed by atoms with Gasteiger partial charge in [0, 0.05) is 24.2 Å². The van der Waals surface area contributed by atoms with Crippen molar-refractivity contribution in [1.82, 2.24) is 15.3 Å². The lowest BCUT2D eigenvalue weighted by atomic mass is 10.1. The predicted molar refractivity (Wildman–Crippen MR) is 76.5 cm³/mol. The third kappa shape index (κ3) is 4.46. The van der Waals surface area contributed by atoms with E-state index in [1.54, 1.807) is 7.11 Å². The van der Waals surface area contributed by atoms with Crippen LogP contribution in [0.1, 0.15) is 44.6 Å². The fraction of sp³-hybridized carbons (Fsp3) is 0.733. The van der Waals surface area contributed by atoms with Crippen molar-refractivity contribution in [3.63, 3.8) is 0 Å². The average molecular weight is 263 g/mol. The van der Waals surface area contributed by atoms with Crippen LogP contribution in [0.25, 0.3) is 0 Å². The number of ether oxygens (including phenoxy) is 1. The molecule has 2 heterocycles. The summed E-state index contributed by atoms with van der Waals surface area (Å²) in [5, 5.41) is 3.52. The molecule has 0 saturated carbocycles. The van der Waals surface area contributed by atoms with E-state index < -0.39 is 0 Å². The summed E-state index contributed by atoms with van der Waals surface area (Å²) in [4.78, 5) is 9.12. The standard InChI is InChI=1S/C15H25N3O/c1-11(2)9-13-10-15(19-3)18-14(17-13)7-6-12-5-4-8-16-12/h10-12,16H,4-9H2,1-3H3. The Bertz CT molecular complexity index is 400. The van der Waals surface area contributed by atoms with Crippen molar-refractivity contribution in [3.8, 4) is 5.88 Å². The molecule has 0 aromatic carbocycles. The second-order valence-corrected chi connectivity index (χ2v) is 5.75. The number of rotatable bonds is 6. The maximum atomic E-state index is 5.28. The SMILES string of the molecule is COc1cc(CC(C)C)nc(CCC2CCCN2)n1. The third-order valence-electron chi connectivity index (χ3n) is 3.51. The molecule has 1 aromatic heterocycles. The number of methoxy groups -OCH3 is 1. The highest BCUT2D eigenvalue weighted by Crippen LogP contribution is 2.16. The molecule has 1 atom stereocenters. The minimum Gasteiger partial charge on any atom is -0.481 e. The maximum Gasteiger partial charge on any atom is 0.216 e. The summed E-state index contributed by atoms with van der Waals surface area (Å²) in [7, 11) is 1.67. The molecule has 19 heavy (non-hydrogen) atoms. The zero-order valence-electron chi connectivity index (χ0n) is 12.3. The van der Waals surface area contributed by atoms with Crippen LogP contribution in [0.4, 0.5) is 0 Å². The highest BCUT2D eigenvalue weighted by Gasteiger charge is 2.15. The molecule has 106 valence electrons. The first-order chi connectivity index (χ1) is 9.17. The molecular weight excluding hydrogens is 238 g/mol. The Hall–Kier alpha value is -1.16. The van der Waals surface area contributed by atoms with E-state index in [4.69, 9.17) is 4.74 Å². The molecule has 1 aliphatic rings. The smallest absolute Gasteiger partial charge is 0.216 e. The van der Waals surface area contributed by atoms with Gasteiger partial charge in [-0.1, -0.05) is 13.8 Å². The van der Waals surface area contributed by atoms with Gasteiger partial charge >= 0.3 is 0 Å². The van der Waals surface area contributed by atoms with Gasteiger partial charge in [-0.2, -0.15) is 4.98 Å². The lowest BCUT2D eigenvalue weighted by molar-refractivity contribution is 0.392. The molecule has 4 nitrogen and oxygen atoms in total. The first-order valence-electron chi connectivity index (χ1n) is 7.31. The van der Waals surface area contributed by atoms with E-state index in [1.165, 1.54) is 12.8 Å². The van der Waals surface area contributed by atoms with Gasteiger partial charge in [0.15, 0.2) is 0 Å². The van der Waals surface area contributed by atoms with Gasteiger partial charge in [0.25, 0.3) is 0 Å². The Labute approximate surface area is 116 Å². The summed E-state index contributed by atoms with van der Waals surface area (Å²) in [5.74, 6) is 2.22. The molecule has 1 aliphatic heterocycles. The number of hydrogen-bond acceptors (Lipinski definition) is 4. The van der Waals surface area contributed by atoms with E-state index in [9.17, 15) is 0 Å². The van der Waals surface area contributed by atoms with Crippen molar-refractivity contribution in [2.75, 3.05) is 13.7 Å². The first kappa shape index (κ1) is 14.3. The molecule has 1 aromatic rings. The molecule has 0 amide bonds. The molecular formula is C15H25N3O. The molecule has 1 unspecified atom stereocenters. The summed E-state index contributed by atoms with van der Waals surface area (Å²) in [6.07, 6.45) is 5.60. The molecule has 0 bridgehead atoms. The molecule has 0 spiro atoms. The molecule has 1 fully saturated rings. The highest BCUT2D eigenvalue weighted by atomic mass is 16.5. The molecule has 1 N–H and O–H groups in total. The van der Waals surface area contributed by atoms with Crippen molar-refractivity contribution in [2.24, 2.45) is 5.92 Å². The number of aryl methyl sites for hydroxylation is 1. The Kier molecular flexibility index (Phi) is 5.14. The van der Waals surface area contributed by atoms with Crippen molar-refractivity contribution in [1.29, 1.82) is 0 Å². The van der Waals surface area contributed by atoms with Crippen LogP contribution < -0.4 is 10.1 Å². The molecule has 0 radical (unpaired) electrons. The van der Waals surface area contributed by atoms with Crippen molar-refractivity contribution < 1.29 is 4.74 Å². The summed E-state index contributed by atoms with van der Waals surface area (Å²) < 4.78 is 5.28. The number of nitrogens with one attached hydrogen (secondary N) is 1. The van der Waals surface area contributed by atoms with Gasteiger partial charge in [-0.25, -0.2) is 4.98 Å². The van der Waals surface area contributed by atoms with Crippen molar-refractivity contribution in [3.05, 3.63) is 17.6 Å². The Morgan fingerprint density at radius 3 is 2.89 bits per heavy atom. The van der Waals surface area contributed by atoms with E-state index in [0.29, 0.717) is 17.8 Å². The van der Waals surface area contributed by atoms with Gasteiger partial charge in [0.1, 0.15) is 5.82 Å². The van der Waals surface area contributed by atoms with E-state index in [2.05, 4.69) is 29.1 Å². The van der Waals surface area contributed by atoms with Crippen LogP contribution in [0, 0.1) is 5.92 Å². The topological polar surface area (TPSA) is 47.0 Å². The number of hydrogen-bond donors (Lipinski definition) is 1. The minimum atomic E-state index is 0.601. The van der Waals surface area contributed by atoms with Gasteiger partial charge in [-0.3, -0.25) is 0 Å². The molecule has 1 saturated heterocycles. The van der Waals surface area contributed by atoms with Gasteiger partial charge in [0.05, 0.1) is 7.11 Å². The van der Waals surface area contributed by atoms with Crippen molar-refractivity contribution >= 4 is 0 Å². The van der Waals surface area contributed by atoms with E-state index >= 15 is 0 Å². The van der Waals surface area contributed by atoms with Gasteiger partial charge in [-0.15, -0.1) is 0 Å². The van der Waals surface area contributed by atoms with Crippen LogP contribution in [-0.2, 0) is 12.8 Å². The third-order valence-corrected chi connectivity index (χ3v) is 3.51. The van der Waals surface area contributed by atoms with Crippen LogP contribution in [-0.4, -0.2) is 29.7 Å². The lowest BCUT2D eigenvalue weighted by Gasteiger charge is -2.11. The van der Waals surface area contributed by atoms with Crippen LogP contribution >= 0.6 is 0 Å². The molecule has 2 rings (SSSR count). The lowest BCUT2D eigenvalue weighted by Crippen LogP contribution is -2.22. The van der Waals surface area contributed by atoms with Gasteiger partial charge in [-0.05, 0) is 38.1 Å². The van der Waals surface area contributed by atoms with Gasteiger partial charge in [0.2, 0.25) is 5.88 Å². The van der Waals surface area contributed by atoms with Crippen LogP contribution in [0.2, 0.25) is 0 Å². The normalized spacial score (nSPS) is 19.1. The second kappa shape index (κ2) is 6.85. The Morgan fingerprint density at radius 2 is 2.26 bits per heavy atom. The fourth-order valence-corrected chi connectivity index (χ4v) is 2.57. The Morgan fingerprint density at radius 1 is 1.42 bits per heavy atom.